The molecule has 134 valence electrons. The predicted molar refractivity (Wildman–Crippen MR) is 99.8 cm³/mol. The highest BCUT2D eigenvalue weighted by Crippen LogP contribution is 2.30. The van der Waals surface area contributed by atoms with Gasteiger partial charge < -0.3 is 10.2 Å². The Bertz CT molecular complexity index is 844. The lowest BCUT2D eigenvalue weighted by atomic mass is 10.1. The summed E-state index contributed by atoms with van der Waals surface area (Å²) in [4.78, 5) is 16.2. The Morgan fingerprint density at radius 2 is 1.88 bits per heavy atom. The van der Waals surface area contributed by atoms with E-state index in [2.05, 4.69) is 16.3 Å². The third kappa shape index (κ3) is 4.13. The van der Waals surface area contributed by atoms with E-state index in [-0.39, 0.29) is 18.1 Å². The van der Waals surface area contributed by atoms with Gasteiger partial charge in [0.15, 0.2) is 0 Å². The van der Waals surface area contributed by atoms with E-state index in [1.165, 1.54) is 12.1 Å². The zero-order valence-corrected chi connectivity index (χ0v) is 14.8. The van der Waals surface area contributed by atoms with E-state index < -0.39 is 5.82 Å². The van der Waals surface area contributed by atoms with Crippen molar-refractivity contribution in [2.45, 2.75) is 0 Å². The van der Waals surface area contributed by atoms with Gasteiger partial charge in [-0.3, -0.25) is 9.69 Å². The van der Waals surface area contributed by atoms with Crippen molar-refractivity contribution in [3.05, 3.63) is 58.9 Å². The number of piperazine rings is 1. The topological polar surface area (TPSA) is 59.4 Å². The Morgan fingerprint density at radius 3 is 2.58 bits per heavy atom. The maximum Gasteiger partial charge on any atom is 0.238 e. The van der Waals surface area contributed by atoms with E-state index in [1.807, 2.05) is 4.90 Å². The van der Waals surface area contributed by atoms with Gasteiger partial charge in [0.25, 0.3) is 0 Å². The van der Waals surface area contributed by atoms with Crippen LogP contribution in [-0.2, 0) is 4.79 Å². The lowest BCUT2D eigenvalue weighted by Crippen LogP contribution is -2.49. The van der Waals surface area contributed by atoms with E-state index in [9.17, 15) is 14.4 Å². The Hall–Kier alpha value is -2.62. The van der Waals surface area contributed by atoms with Gasteiger partial charge in [-0.05, 0) is 24.3 Å². The van der Waals surface area contributed by atoms with Crippen LogP contribution in [0.25, 0.3) is 0 Å². The molecular formula is C19H18ClFN4O. The summed E-state index contributed by atoms with van der Waals surface area (Å²) in [6.45, 7) is 2.81. The van der Waals surface area contributed by atoms with Crippen molar-refractivity contribution in [2.75, 3.05) is 42.9 Å². The SMILES string of the molecule is N#Cc1cccc(Cl)c1N1CCN(CC(=O)Nc2ccccc2F)CC1. The zero-order chi connectivity index (χ0) is 18.5. The van der Waals surface area contributed by atoms with Gasteiger partial charge in [0.1, 0.15) is 11.9 Å². The monoisotopic (exact) mass is 372 g/mol. The Kier molecular flexibility index (Phi) is 5.71. The minimum atomic E-state index is -0.451. The normalized spacial score (nSPS) is 14.7. The molecule has 1 N–H and O–H groups in total. The van der Waals surface area contributed by atoms with Gasteiger partial charge in [-0.2, -0.15) is 5.26 Å². The van der Waals surface area contributed by atoms with Crippen LogP contribution < -0.4 is 10.2 Å². The molecule has 2 aromatic rings. The molecule has 0 bridgehead atoms. The second kappa shape index (κ2) is 8.17. The molecule has 1 aliphatic heterocycles. The fraction of sp³-hybridized carbons (Fsp3) is 0.263. The first-order chi connectivity index (χ1) is 12.6. The lowest BCUT2D eigenvalue weighted by molar-refractivity contribution is -0.117. The number of halogens is 2. The van der Waals surface area contributed by atoms with E-state index in [1.54, 1.807) is 30.3 Å². The van der Waals surface area contributed by atoms with Crippen molar-refractivity contribution < 1.29 is 9.18 Å². The summed E-state index contributed by atoms with van der Waals surface area (Å²) in [7, 11) is 0. The van der Waals surface area contributed by atoms with Gasteiger partial charge in [-0.15, -0.1) is 0 Å². The number of nitrogens with one attached hydrogen (secondary N) is 1. The molecule has 0 spiro atoms. The van der Waals surface area contributed by atoms with Crippen LogP contribution in [0.15, 0.2) is 42.5 Å². The maximum atomic E-state index is 13.6. The first-order valence-corrected chi connectivity index (χ1v) is 8.66. The minimum Gasteiger partial charge on any atom is -0.367 e. The van der Waals surface area contributed by atoms with Gasteiger partial charge in [-0.1, -0.05) is 29.8 Å². The summed E-state index contributed by atoms with van der Waals surface area (Å²) in [6, 6.07) is 13.5. The second-order valence-electron chi connectivity index (χ2n) is 6.04. The number of benzene rings is 2. The number of amides is 1. The van der Waals surface area contributed by atoms with Gasteiger partial charge in [0.05, 0.1) is 28.5 Å². The van der Waals surface area contributed by atoms with Crippen LogP contribution >= 0.6 is 11.6 Å². The molecular weight excluding hydrogens is 355 g/mol. The molecule has 0 unspecified atom stereocenters. The highest BCUT2D eigenvalue weighted by atomic mass is 35.5. The van der Waals surface area contributed by atoms with Gasteiger partial charge in [-0.25, -0.2) is 4.39 Å². The number of nitrogens with zero attached hydrogens (tertiary/aromatic N) is 3. The average Bonchev–Trinajstić information content (AvgIpc) is 2.64. The fourth-order valence-electron chi connectivity index (χ4n) is 3.01. The third-order valence-electron chi connectivity index (χ3n) is 4.31. The van der Waals surface area contributed by atoms with Crippen molar-refractivity contribution in [1.82, 2.24) is 4.90 Å². The van der Waals surface area contributed by atoms with E-state index in [0.717, 1.165) is 5.69 Å². The Balaban J connectivity index is 1.57. The molecule has 1 saturated heterocycles. The molecule has 1 amide bonds. The summed E-state index contributed by atoms with van der Waals surface area (Å²) >= 11 is 6.26. The molecule has 0 saturated carbocycles. The maximum absolute atomic E-state index is 13.6. The quantitative estimate of drug-likeness (QED) is 0.895. The van der Waals surface area contributed by atoms with E-state index in [4.69, 9.17) is 11.6 Å². The number of anilines is 2. The van der Waals surface area contributed by atoms with Gasteiger partial charge in [0.2, 0.25) is 5.91 Å². The van der Waals surface area contributed by atoms with Crippen LogP contribution in [0.1, 0.15) is 5.56 Å². The molecule has 2 aromatic carbocycles. The predicted octanol–water partition coefficient (Wildman–Crippen LogP) is 3.11. The molecule has 1 fully saturated rings. The van der Waals surface area contributed by atoms with Crippen LogP contribution in [0.3, 0.4) is 0 Å². The van der Waals surface area contributed by atoms with E-state index >= 15 is 0 Å². The standard InChI is InChI=1S/C19H18ClFN4O/c20-15-5-3-4-14(12-22)19(15)25-10-8-24(9-11-25)13-18(26)23-17-7-2-1-6-16(17)21/h1-7H,8-11,13H2,(H,23,26). The van der Waals surface area contributed by atoms with Crippen molar-refractivity contribution in [3.63, 3.8) is 0 Å². The molecule has 0 radical (unpaired) electrons. The zero-order valence-electron chi connectivity index (χ0n) is 14.1. The number of carbonyl (C=O) groups is 1. The van der Waals surface area contributed by atoms with Crippen molar-refractivity contribution in [2.24, 2.45) is 0 Å². The van der Waals surface area contributed by atoms with Crippen LogP contribution in [0, 0.1) is 17.1 Å². The van der Waals surface area contributed by atoms with Gasteiger partial charge >= 0.3 is 0 Å². The summed E-state index contributed by atoms with van der Waals surface area (Å²) < 4.78 is 13.6. The van der Waals surface area contributed by atoms with Crippen LogP contribution in [0.5, 0.6) is 0 Å². The summed E-state index contributed by atoms with van der Waals surface area (Å²) in [5.74, 6) is -0.701. The highest BCUT2D eigenvalue weighted by molar-refractivity contribution is 6.33. The first kappa shape index (κ1) is 18.2. The van der Waals surface area contributed by atoms with Crippen molar-refractivity contribution in [1.29, 1.82) is 5.26 Å². The van der Waals surface area contributed by atoms with Crippen molar-refractivity contribution in [3.8, 4) is 6.07 Å². The molecule has 1 heterocycles. The average molecular weight is 373 g/mol. The highest BCUT2D eigenvalue weighted by Gasteiger charge is 2.22. The van der Waals surface area contributed by atoms with Crippen LogP contribution in [0.4, 0.5) is 15.8 Å². The molecule has 0 aromatic heterocycles. The largest absolute Gasteiger partial charge is 0.367 e. The summed E-state index contributed by atoms with van der Waals surface area (Å²) in [6.07, 6.45) is 0. The van der Waals surface area contributed by atoms with Crippen LogP contribution in [0.2, 0.25) is 5.02 Å². The second-order valence-corrected chi connectivity index (χ2v) is 6.45. The number of nitriles is 1. The number of para-hydroxylation sites is 2. The smallest absolute Gasteiger partial charge is 0.238 e. The van der Waals surface area contributed by atoms with Crippen molar-refractivity contribution >= 4 is 28.9 Å². The molecule has 7 heteroatoms. The number of carbonyl (C=O) groups excluding carboxylic acids is 1. The first-order valence-electron chi connectivity index (χ1n) is 8.29. The summed E-state index contributed by atoms with van der Waals surface area (Å²) in [5.41, 5.74) is 1.47. The molecule has 0 aliphatic carbocycles. The lowest BCUT2D eigenvalue weighted by Gasteiger charge is -2.36. The molecule has 3 rings (SSSR count). The number of hydrogen-bond donors (Lipinski definition) is 1. The summed E-state index contributed by atoms with van der Waals surface area (Å²) in [5, 5.41) is 12.4. The minimum absolute atomic E-state index is 0.186. The molecule has 1 aliphatic rings. The Morgan fingerprint density at radius 1 is 1.15 bits per heavy atom. The Labute approximate surface area is 156 Å². The van der Waals surface area contributed by atoms with Gasteiger partial charge in [0, 0.05) is 26.2 Å². The van der Waals surface area contributed by atoms with E-state index in [0.29, 0.717) is 36.8 Å². The fourth-order valence-corrected chi connectivity index (χ4v) is 3.31. The molecule has 5 nitrogen and oxygen atoms in total. The molecule has 26 heavy (non-hydrogen) atoms. The van der Waals surface area contributed by atoms with Crippen LogP contribution in [-0.4, -0.2) is 43.5 Å². The number of rotatable bonds is 4. The number of hydrogen-bond acceptors (Lipinski definition) is 4. The molecule has 0 atom stereocenters. The third-order valence-corrected chi connectivity index (χ3v) is 4.62.